The van der Waals surface area contributed by atoms with E-state index >= 15 is 0 Å². The molecule has 18 heavy (non-hydrogen) atoms. The standard InChI is InChI=1S/C12H16BNO4/c1-11(2)12(3,4)18-13(17-11)10-8(7-15)14-6-5-9(10)16/h5-7H,1-4H3,(H,14,16). The van der Waals surface area contributed by atoms with Gasteiger partial charge in [0.15, 0.2) is 11.7 Å². The smallest absolute Gasteiger partial charge is 0.399 e. The first-order valence-corrected chi connectivity index (χ1v) is 5.81. The zero-order valence-electron chi connectivity index (χ0n) is 10.9. The molecule has 0 bridgehead atoms. The molecule has 0 atom stereocenters. The van der Waals surface area contributed by atoms with Crippen molar-refractivity contribution in [3.8, 4) is 0 Å². The molecule has 1 aliphatic rings. The van der Waals surface area contributed by atoms with Crippen LogP contribution in [-0.4, -0.2) is 29.6 Å². The third-order valence-electron chi connectivity index (χ3n) is 3.64. The second-order valence-electron chi connectivity index (χ2n) is 5.38. The van der Waals surface area contributed by atoms with E-state index in [0.717, 1.165) is 0 Å². The van der Waals surface area contributed by atoms with E-state index < -0.39 is 18.3 Å². The molecule has 1 saturated heterocycles. The van der Waals surface area contributed by atoms with E-state index in [1.54, 1.807) is 0 Å². The van der Waals surface area contributed by atoms with Crippen LogP contribution in [0.3, 0.4) is 0 Å². The molecule has 1 fully saturated rings. The molecule has 6 heteroatoms. The highest BCUT2D eigenvalue weighted by Crippen LogP contribution is 2.36. The number of H-pyrrole nitrogens is 1. The zero-order chi connectivity index (χ0) is 13.6. The molecule has 0 amide bonds. The van der Waals surface area contributed by atoms with Gasteiger partial charge >= 0.3 is 7.12 Å². The number of nitrogens with one attached hydrogen (secondary N) is 1. The van der Waals surface area contributed by atoms with Gasteiger partial charge in [0, 0.05) is 12.3 Å². The van der Waals surface area contributed by atoms with E-state index in [2.05, 4.69) is 4.98 Å². The van der Waals surface area contributed by atoms with E-state index in [1.165, 1.54) is 12.3 Å². The Morgan fingerprint density at radius 1 is 1.22 bits per heavy atom. The second-order valence-corrected chi connectivity index (χ2v) is 5.38. The number of aromatic nitrogens is 1. The van der Waals surface area contributed by atoms with Gasteiger partial charge in [0.2, 0.25) is 0 Å². The molecular weight excluding hydrogens is 233 g/mol. The summed E-state index contributed by atoms with van der Waals surface area (Å²) in [6.45, 7) is 7.57. The summed E-state index contributed by atoms with van der Waals surface area (Å²) in [6.07, 6.45) is 2.03. The lowest BCUT2D eigenvalue weighted by Gasteiger charge is -2.32. The lowest BCUT2D eigenvalue weighted by Crippen LogP contribution is -2.46. The van der Waals surface area contributed by atoms with E-state index in [9.17, 15) is 9.59 Å². The van der Waals surface area contributed by atoms with Crippen LogP contribution in [0.2, 0.25) is 0 Å². The van der Waals surface area contributed by atoms with Crippen molar-refractivity contribution in [2.45, 2.75) is 38.9 Å². The molecule has 5 nitrogen and oxygen atoms in total. The molecular formula is C12H16BNO4. The molecule has 0 saturated carbocycles. The molecule has 2 heterocycles. The van der Waals surface area contributed by atoms with Crippen molar-refractivity contribution in [3.63, 3.8) is 0 Å². The monoisotopic (exact) mass is 249 g/mol. The molecule has 0 spiro atoms. The summed E-state index contributed by atoms with van der Waals surface area (Å²) < 4.78 is 11.5. The average molecular weight is 249 g/mol. The number of aldehydes is 1. The Morgan fingerprint density at radius 3 is 2.28 bits per heavy atom. The van der Waals surface area contributed by atoms with Gasteiger partial charge in [-0.05, 0) is 27.7 Å². The number of carbonyl (C=O) groups excluding carboxylic acids is 1. The summed E-state index contributed by atoms with van der Waals surface area (Å²) in [6, 6.07) is 1.35. The molecule has 2 rings (SSSR count). The minimum Gasteiger partial charge on any atom is -0.399 e. The molecule has 0 aromatic carbocycles. The second kappa shape index (κ2) is 4.07. The number of hydrogen-bond acceptors (Lipinski definition) is 4. The maximum absolute atomic E-state index is 11.9. The van der Waals surface area contributed by atoms with Crippen LogP contribution < -0.4 is 10.9 Å². The fourth-order valence-electron chi connectivity index (χ4n) is 1.81. The SMILES string of the molecule is CC1(C)OB(c2c(C=O)[nH]ccc2=O)OC1(C)C. The normalized spacial score (nSPS) is 21.0. The summed E-state index contributed by atoms with van der Waals surface area (Å²) in [5, 5.41) is 0. The number of aromatic amines is 1. The molecule has 0 radical (unpaired) electrons. The third kappa shape index (κ3) is 1.91. The van der Waals surface area contributed by atoms with Gasteiger partial charge < -0.3 is 14.3 Å². The van der Waals surface area contributed by atoms with Crippen LogP contribution in [0.4, 0.5) is 0 Å². The van der Waals surface area contributed by atoms with E-state index in [4.69, 9.17) is 9.31 Å². The van der Waals surface area contributed by atoms with Crippen molar-refractivity contribution in [3.05, 3.63) is 28.2 Å². The fraction of sp³-hybridized carbons (Fsp3) is 0.500. The highest BCUT2D eigenvalue weighted by molar-refractivity contribution is 6.63. The summed E-state index contributed by atoms with van der Waals surface area (Å²) >= 11 is 0. The van der Waals surface area contributed by atoms with Crippen LogP contribution in [0.25, 0.3) is 0 Å². The molecule has 0 unspecified atom stereocenters. The van der Waals surface area contributed by atoms with Crippen LogP contribution >= 0.6 is 0 Å². The largest absolute Gasteiger partial charge is 0.501 e. The maximum atomic E-state index is 11.9. The summed E-state index contributed by atoms with van der Waals surface area (Å²) in [7, 11) is -0.819. The van der Waals surface area contributed by atoms with Gasteiger partial charge in [0.05, 0.1) is 22.4 Å². The average Bonchev–Trinajstić information content (AvgIpc) is 2.47. The van der Waals surface area contributed by atoms with Crippen LogP contribution in [0, 0.1) is 0 Å². The van der Waals surface area contributed by atoms with Gasteiger partial charge in [0.25, 0.3) is 0 Å². The Balaban J connectivity index is 2.47. The van der Waals surface area contributed by atoms with Crippen molar-refractivity contribution in [1.29, 1.82) is 0 Å². The fourth-order valence-corrected chi connectivity index (χ4v) is 1.81. The van der Waals surface area contributed by atoms with Gasteiger partial charge in [0.1, 0.15) is 0 Å². The zero-order valence-corrected chi connectivity index (χ0v) is 10.9. The Kier molecular flexibility index (Phi) is 2.95. The predicted octanol–water partition coefficient (Wildman–Crippen LogP) is 0.487. The summed E-state index contributed by atoms with van der Waals surface area (Å²) in [4.78, 5) is 25.6. The molecule has 1 aliphatic heterocycles. The van der Waals surface area contributed by atoms with Gasteiger partial charge in [-0.25, -0.2) is 0 Å². The van der Waals surface area contributed by atoms with Gasteiger partial charge in [-0.3, -0.25) is 9.59 Å². The van der Waals surface area contributed by atoms with Crippen molar-refractivity contribution >= 4 is 18.9 Å². The topological polar surface area (TPSA) is 68.4 Å². The number of rotatable bonds is 2. The van der Waals surface area contributed by atoms with Crippen LogP contribution in [-0.2, 0) is 9.31 Å². The molecule has 1 aromatic heterocycles. The number of hydrogen-bond donors (Lipinski definition) is 1. The lowest BCUT2D eigenvalue weighted by atomic mass is 9.77. The lowest BCUT2D eigenvalue weighted by molar-refractivity contribution is 0.00578. The Labute approximate surface area is 106 Å². The maximum Gasteiger partial charge on any atom is 0.501 e. The minimum absolute atomic E-state index is 0.195. The molecule has 1 N–H and O–H groups in total. The summed E-state index contributed by atoms with van der Waals surface area (Å²) in [5.74, 6) is 0. The van der Waals surface area contributed by atoms with Crippen molar-refractivity contribution < 1.29 is 14.1 Å². The van der Waals surface area contributed by atoms with Crippen molar-refractivity contribution in [1.82, 2.24) is 4.98 Å². The summed E-state index contributed by atoms with van der Waals surface area (Å²) in [5.41, 5.74) is -0.929. The van der Waals surface area contributed by atoms with E-state index in [0.29, 0.717) is 6.29 Å². The first-order valence-electron chi connectivity index (χ1n) is 5.81. The van der Waals surface area contributed by atoms with Gasteiger partial charge in [-0.2, -0.15) is 0 Å². The molecule has 96 valence electrons. The number of pyridine rings is 1. The Morgan fingerprint density at radius 2 is 1.78 bits per heavy atom. The first kappa shape index (κ1) is 13.0. The quantitative estimate of drug-likeness (QED) is 0.611. The van der Waals surface area contributed by atoms with Crippen LogP contribution in [0.15, 0.2) is 17.1 Å². The Hall–Kier alpha value is -1.40. The minimum atomic E-state index is -0.819. The Bertz CT molecular complexity index is 519. The van der Waals surface area contributed by atoms with Crippen molar-refractivity contribution in [2.24, 2.45) is 0 Å². The van der Waals surface area contributed by atoms with E-state index in [-0.39, 0.29) is 16.6 Å². The first-order chi connectivity index (χ1) is 8.28. The highest BCUT2D eigenvalue weighted by Gasteiger charge is 2.53. The molecule has 1 aromatic rings. The van der Waals surface area contributed by atoms with Crippen molar-refractivity contribution in [2.75, 3.05) is 0 Å². The van der Waals surface area contributed by atoms with Gasteiger partial charge in [-0.1, -0.05) is 0 Å². The van der Waals surface area contributed by atoms with Gasteiger partial charge in [-0.15, -0.1) is 0 Å². The molecule has 0 aliphatic carbocycles. The number of carbonyl (C=O) groups is 1. The van der Waals surface area contributed by atoms with E-state index in [1.807, 2.05) is 27.7 Å². The van der Waals surface area contributed by atoms with Crippen LogP contribution in [0.5, 0.6) is 0 Å². The van der Waals surface area contributed by atoms with Crippen LogP contribution in [0.1, 0.15) is 38.2 Å². The third-order valence-corrected chi connectivity index (χ3v) is 3.64. The highest BCUT2D eigenvalue weighted by atomic mass is 16.7. The predicted molar refractivity (Wildman–Crippen MR) is 68.2 cm³/mol.